The van der Waals surface area contributed by atoms with Crippen molar-refractivity contribution in [2.75, 3.05) is 6.26 Å². The Morgan fingerprint density at radius 3 is 3.20 bits per heavy atom. The maximum atomic E-state index is 6.74. The molecule has 0 saturated carbocycles. The number of thioether (sulfide) groups is 1. The molecule has 0 saturated heterocycles. The summed E-state index contributed by atoms with van der Waals surface area (Å²) in [6.45, 7) is 0. The number of nitrogens with one attached hydrogen (secondary N) is 2. The van der Waals surface area contributed by atoms with E-state index in [1.54, 1.807) is 0 Å². The first-order chi connectivity index (χ1) is 4.86. The summed E-state index contributed by atoms with van der Waals surface area (Å²) in [4.78, 5) is 3.96. The quantitative estimate of drug-likeness (QED) is 0.497. The van der Waals surface area contributed by atoms with Crippen molar-refractivity contribution < 1.29 is 0 Å². The van der Waals surface area contributed by atoms with Crippen LogP contribution in [-0.4, -0.2) is 23.5 Å². The summed E-state index contributed by atoms with van der Waals surface area (Å²) in [5.74, 6) is 2.14. The molecule has 52 valence electrons. The number of hydrazone groups is 1. The lowest BCUT2D eigenvalue weighted by Crippen LogP contribution is -2.17. The number of hydrogen-bond acceptors (Lipinski definition) is 5. The molecule has 0 aromatic heterocycles. The Morgan fingerprint density at radius 1 is 1.80 bits per heavy atom. The van der Waals surface area contributed by atoms with Crippen molar-refractivity contribution in [1.29, 1.82) is 5.41 Å². The van der Waals surface area contributed by atoms with Crippen molar-refractivity contribution in [1.82, 2.24) is 5.43 Å². The van der Waals surface area contributed by atoms with Gasteiger partial charge in [-0.3, -0.25) is 10.8 Å². The second kappa shape index (κ2) is 3.20. The minimum atomic E-state index is 0.447. The Labute approximate surface area is 62.6 Å². The van der Waals surface area contributed by atoms with Crippen LogP contribution in [0.2, 0.25) is 0 Å². The number of rotatable bonds is 0. The minimum Gasteiger partial charge on any atom is -0.257 e. The average molecular weight is 154 g/mol. The molecular weight excluding hydrogens is 148 g/mol. The summed E-state index contributed by atoms with van der Waals surface area (Å²) >= 11 is 1.45. The molecule has 1 heterocycles. The normalized spacial score (nSPS) is 15.7. The van der Waals surface area contributed by atoms with Crippen molar-refractivity contribution in [3.63, 3.8) is 0 Å². The average Bonchev–Trinajstić information content (AvgIpc) is 2.05. The zero-order chi connectivity index (χ0) is 7.40. The van der Waals surface area contributed by atoms with Crippen molar-refractivity contribution in [2.24, 2.45) is 10.1 Å². The zero-order valence-corrected chi connectivity index (χ0v) is 6.20. The van der Waals surface area contributed by atoms with E-state index >= 15 is 0 Å². The molecule has 1 aliphatic rings. The first-order valence-corrected chi connectivity index (χ1v) is 3.80. The number of nitrogens with zero attached hydrogens (tertiary/aromatic N) is 2. The van der Waals surface area contributed by atoms with E-state index in [1.807, 2.05) is 6.26 Å². The summed E-state index contributed by atoms with van der Waals surface area (Å²) in [6, 6.07) is 0. The van der Waals surface area contributed by atoms with Crippen LogP contribution in [0, 0.1) is 5.41 Å². The number of hydrogen-bond donors (Lipinski definition) is 2. The van der Waals surface area contributed by atoms with Crippen LogP contribution in [0.25, 0.3) is 0 Å². The second-order valence-electron chi connectivity index (χ2n) is 1.50. The summed E-state index contributed by atoms with van der Waals surface area (Å²) in [6.07, 6.45) is 3.33. The summed E-state index contributed by atoms with van der Waals surface area (Å²) in [5, 5.41) is 11.2. The fourth-order valence-electron chi connectivity index (χ4n) is 0.463. The third-order valence-electron chi connectivity index (χ3n) is 0.890. The molecule has 0 bridgehead atoms. The lowest BCUT2D eigenvalue weighted by Gasteiger charge is -2.04. The van der Waals surface area contributed by atoms with Crippen molar-refractivity contribution in [3.05, 3.63) is 5.70 Å². The van der Waals surface area contributed by atoms with Crippen LogP contribution in [0.1, 0.15) is 0 Å². The van der Waals surface area contributed by atoms with Gasteiger partial charge in [-0.15, -0.1) is 0 Å². The Morgan fingerprint density at radius 2 is 2.60 bits per heavy atom. The number of allylic oxidation sites excluding steroid dienone is 1. The van der Waals surface area contributed by atoms with Gasteiger partial charge in [0.05, 0.1) is 6.21 Å². The highest BCUT2D eigenvalue weighted by Crippen LogP contribution is 2.01. The van der Waals surface area contributed by atoms with Crippen LogP contribution in [0.4, 0.5) is 0 Å². The van der Waals surface area contributed by atoms with Crippen LogP contribution in [0.5, 0.6) is 0 Å². The lowest BCUT2D eigenvalue weighted by molar-refractivity contribution is 1.03. The fourth-order valence-corrected chi connectivity index (χ4v) is 0.797. The highest BCUT2D eigenvalue weighted by Gasteiger charge is 2.00. The third-order valence-corrected chi connectivity index (χ3v) is 1.46. The van der Waals surface area contributed by atoms with E-state index in [9.17, 15) is 0 Å². The Balaban J connectivity index is 2.83. The summed E-state index contributed by atoms with van der Waals surface area (Å²) < 4.78 is 0. The predicted molar refractivity (Wildman–Crippen MR) is 43.8 cm³/mol. The van der Waals surface area contributed by atoms with E-state index in [0.717, 1.165) is 0 Å². The van der Waals surface area contributed by atoms with Gasteiger partial charge in [0.1, 0.15) is 5.70 Å². The van der Waals surface area contributed by atoms with Crippen LogP contribution >= 0.6 is 11.8 Å². The molecule has 5 heteroatoms. The molecule has 0 radical (unpaired) electrons. The van der Waals surface area contributed by atoms with Gasteiger partial charge in [-0.2, -0.15) is 5.10 Å². The van der Waals surface area contributed by atoms with Crippen LogP contribution in [0.3, 0.4) is 0 Å². The first-order valence-electron chi connectivity index (χ1n) is 2.58. The van der Waals surface area contributed by atoms with Gasteiger partial charge in [-0.25, -0.2) is 4.99 Å². The van der Waals surface area contributed by atoms with Gasteiger partial charge in [-0.05, 0) is 6.26 Å². The lowest BCUT2D eigenvalue weighted by atomic mass is 10.5. The topological polar surface area (TPSA) is 60.6 Å². The van der Waals surface area contributed by atoms with Crippen molar-refractivity contribution >= 4 is 29.0 Å². The van der Waals surface area contributed by atoms with Gasteiger partial charge in [0.15, 0.2) is 5.17 Å². The molecule has 0 atom stereocenters. The van der Waals surface area contributed by atoms with E-state index in [0.29, 0.717) is 10.9 Å². The molecule has 1 rings (SSSR count). The maximum Gasteiger partial charge on any atom is 0.182 e. The van der Waals surface area contributed by atoms with Crippen molar-refractivity contribution in [2.45, 2.75) is 0 Å². The fraction of sp³-hybridized carbons (Fsp3) is 0.200. The molecule has 0 aromatic carbocycles. The van der Waals surface area contributed by atoms with Crippen molar-refractivity contribution in [3.8, 4) is 0 Å². The standard InChI is InChI=1S/C5H6N4S/c1-10-5-8-4(2-6)3-7-9-5/h3,6H,1H3,(H,8,9). The van der Waals surface area contributed by atoms with E-state index < -0.39 is 0 Å². The van der Waals surface area contributed by atoms with E-state index in [4.69, 9.17) is 5.41 Å². The monoisotopic (exact) mass is 154 g/mol. The summed E-state index contributed by atoms with van der Waals surface area (Å²) in [7, 11) is 0. The van der Waals surface area contributed by atoms with Gasteiger partial charge >= 0.3 is 0 Å². The molecule has 0 spiro atoms. The molecule has 4 nitrogen and oxygen atoms in total. The van der Waals surface area contributed by atoms with E-state index in [2.05, 4.69) is 21.4 Å². The molecule has 0 aliphatic carbocycles. The first kappa shape index (κ1) is 7.05. The number of aliphatic imine (C=N–C) groups is 1. The van der Waals surface area contributed by atoms with Gasteiger partial charge in [0, 0.05) is 5.87 Å². The molecule has 0 amide bonds. The van der Waals surface area contributed by atoms with Gasteiger partial charge < -0.3 is 0 Å². The van der Waals surface area contributed by atoms with Gasteiger partial charge in [0.2, 0.25) is 0 Å². The van der Waals surface area contributed by atoms with Gasteiger partial charge in [-0.1, -0.05) is 11.8 Å². The predicted octanol–water partition coefficient (Wildman–Crippen LogP) is 0.427. The van der Waals surface area contributed by atoms with Gasteiger partial charge in [0.25, 0.3) is 0 Å². The highest BCUT2D eigenvalue weighted by atomic mass is 32.2. The Bertz CT molecular complexity index is 236. The Kier molecular flexibility index (Phi) is 2.25. The largest absolute Gasteiger partial charge is 0.257 e. The molecule has 1 aliphatic heterocycles. The van der Waals surface area contributed by atoms with E-state index in [-0.39, 0.29) is 0 Å². The van der Waals surface area contributed by atoms with Crippen LogP contribution < -0.4 is 5.43 Å². The molecule has 2 N–H and O–H groups in total. The smallest absolute Gasteiger partial charge is 0.182 e. The maximum absolute atomic E-state index is 6.74. The highest BCUT2D eigenvalue weighted by molar-refractivity contribution is 8.13. The minimum absolute atomic E-state index is 0.447. The van der Waals surface area contributed by atoms with E-state index in [1.165, 1.54) is 18.0 Å². The Hall–Kier alpha value is -1.06. The third kappa shape index (κ3) is 1.46. The molecule has 0 aromatic rings. The molecule has 0 fully saturated rings. The zero-order valence-electron chi connectivity index (χ0n) is 5.38. The molecule has 10 heavy (non-hydrogen) atoms. The summed E-state index contributed by atoms with van der Waals surface area (Å²) in [5.41, 5.74) is 3.12. The SMILES string of the molecule is CSC1=NC(=C=N)C=NN1. The van der Waals surface area contributed by atoms with Crippen LogP contribution in [0.15, 0.2) is 15.8 Å². The molecule has 0 unspecified atom stereocenters. The molecular formula is C5H6N4S. The number of amidine groups is 1. The van der Waals surface area contributed by atoms with Crippen LogP contribution in [-0.2, 0) is 0 Å². The second-order valence-corrected chi connectivity index (χ2v) is 2.30.